The summed E-state index contributed by atoms with van der Waals surface area (Å²) < 4.78 is 18.6. The summed E-state index contributed by atoms with van der Waals surface area (Å²) in [6.45, 7) is 4.46. The molecule has 0 aliphatic carbocycles. The summed E-state index contributed by atoms with van der Waals surface area (Å²) in [4.78, 5) is 16.1. The van der Waals surface area contributed by atoms with Gasteiger partial charge in [0.05, 0.1) is 12.2 Å². The molecule has 1 aliphatic rings. The third kappa shape index (κ3) is 3.52. The number of nitrogens with zero attached hydrogens (tertiary/aromatic N) is 2. The molecule has 5 heteroatoms. The van der Waals surface area contributed by atoms with Gasteiger partial charge >= 0.3 is 0 Å². The standard InChI is InChI=1S/C14H19FN2O2/c1-19-11-10-16-6-8-17(9-7-16)14(18)12-4-2-3-5-13(12)15/h2-5H,6-11H2,1H3. The Morgan fingerprint density at radius 1 is 1.26 bits per heavy atom. The van der Waals surface area contributed by atoms with E-state index in [1.807, 2.05) is 0 Å². The van der Waals surface area contributed by atoms with Gasteiger partial charge in [-0.25, -0.2) is 4.39 Å². The average Bonchev–Trinajstić information content (AvgIpc) is 2.45. The monoisotopic (exact) mass is 266 g/mol. The van der Waals surface area contributed by atoms with Crippen LogP contribution in [-0.4, -0.2) is 62.1 Å². The number of rotatable bonds is 4. The lowest BCUT2D eigenvalue weighted by Gasteiger charge is -2.34. The van der Waals surface area contributed by atoms with Crippen LogP contribution < -0.4 is 0 Å². The van der Waals surface area contributed by atoms with Gasteiger partial charge in [-0.05, 0) is 12.1 Å². The van der Waals surface area contributed by atoms with Crippen molar-refractivity contribution in [1.82, 2.24) is 9.80 Å². The summed E-state index contributed by atoms with van der Waals surface area (Å²) in [5.41, 5.74) is 0.160. The number of hydrogen-bond acceptors (Lipinski definition) is 3. The number of ether oxygens (including phenoxy) is 1. The highest BCUT2D eigenvalue weighted by atomic mass is 19.1. The van der Waals surface area contributed by atoms with Crippen molar-refractivity contribution < 1.29 is 13.9 Å². The normalized spacial score (nSPS) is 16.6. The largest absolute Gasteiger partial charge is 0.383 e. The highest BCUT2D eigenvalue weighted by Gasteiger charge is 2.23. The molecule has 0 unspecified atom stereocenters. The van der Waals surface area contributed by atoms with E-state index in [9.17, 15) is 9.18 Å². The molecule has 104 valence electrons. The first-order valence-corrected chi connectivity index (χ1v) is 6.47. The number of piperazine rings is 1. The molecule has 19 heavy (non-hydrogen) atoms. The molecule has 0 radical (unpaired) electrons. The Bertz CT molecular complexity index is 431. The Morgan fingerprint density at radius 2 is 1.95 bits per heavy atom. The first kappa shape index (κ1) is 14.0. The van der Waals surface area contributed by atoms with Gasteiger partial charge in [0.2, 0.25) is 0 Å². The fourth-order valence-electron chi connectivity index (χ4n) is 2.20. The fourth-order valence-corrected chi connectivity index (χ4v) is 2.20. The molecule has 0 saturated carbocycles. The van der Waals surface area contributed by atoms with Crippen LogP contribution in [0, 0.1) is 5.82 Å². The summed E-state index contributed by atoms with van der Waals surface area (Å²) in [6.07, 6.45) is 0. The van der Waals surface area contributed by atoms with Crippen LogP contribution in [0.1, 0.15) is 10.4 Å². The van der Waals surface area contributed by atoms with Gasteiger partial charge in [-0.3, -0.25) is 9.69 Å². The van der Waals surface area contributed by atoms with Crippen molar-refractivity contribution in [3.8, 4) is 0 Å². The van der Waals surface area contributed by atoms with Crippen molar-refractivity contribution in [3.63, 3.8) is 0 Å². The minimum absolute atomic E-state index is 0.160. The van der Waals surface area contributed by atoms with E-state index in [-0.39, 0.29) is 11.5 Å². The maximum absolute atomic E-state index is 13.6. The van der Waals surface area contributed by atoms with Gasteiger partial charge in [-0.1, -0.05) is 12.1 Å². The fraction of sp³-hybridized carbons (Fsp3) is 0.500. The van der Waals surface area contributed by atoms with E-state index in [4.69, 9.17) is 4.74 Å². The minimum atomic E-state index is -0.450. The van der Waals surface area contributed by atoms with Gasteiger partial charge < -0.3 is 9.64 Å². The van der Waals surface area contributed by atoms with Crippen molar-refractivity contribution in [2.24, 2.45) is 0 Å². The third-order valence-electron chi connectivity index (χ3n) is 3.38. The SMILES string of the molecule is COCCN1CCN(C(=O)c2ccccc2F)CC1. The molecule has 0 atom stereocenters. The summed E-state index contributed by atoms with van der Waals surface area (Å²) >= 11 is 0. The lowest BCUT2D eigenvalue weighted by Crippen LogP contribution is -2.49. The van der Waals surface area contributed by atoms with Crippen LogP contribution in [0.2, 0.25) is 0 Å². The summed E-state index contributed by atoms with van der Waals surface area (Å²) in [5, 5.41) is 0. The Hall–Kier alpha value is -1.46. The van der Waals surface area contributed by atoms with Gasteiger partial charge in [-0.2, -0.15) is 0 Å². The first-order valence-electron chi connectivity index (χ1n) is 6.47. The zero-order chi connectivity index (χ0) is 13.7. The van der Waals surface area contributed by atoms with E-state index in [2.05, 4.69) is 4.90 Å². The second-order valence-corrected chi connectivity index (χ2v) is 4.61. The molecule has 1 saturated heterocycles. The topological polar surface area (TPSA) is 32.8 Å². The second-order valence-electron chi connectivity index (χ2n) is 4.61. The molecule has 1 aromatic carbocycles. The van der Waals surface area contributed by atoms with Crippen molar-refractivity contribution in [2.45, 2.75) is 0 Å². The molecule has 1 aliphatic heterocycles. The van der Waals surface area contributed by atoms with E-state index in [0.717, 1.165) is 19.6 Å². The van der Waals surface area contributed by atoms with Crippen LogP contribution in [0.4, 0.5) is 4.39 Å². The van der Waals surface area contributed by atoms with Crippen LogP contribution in [0.15, 0.2) is 24.3 Å². The predicted octanol–water partition coefficient (Wildman–Crippen LogP) is 1.23. The third-order valence-corrected chi connectivity index (χ3v) is 3.38. The zero-order valence-electron chi connectivity index (χ0n) is 11.1. The predicted molar refractivity (Wildman–Crippen MR) is 70.6 cm³/mol. The molecule has 0 spiro atoms. The molecular formula is C14H19FN2O2. The number of methoxy groups -OCH3 is 1. The van der Waals surface area contributed by atoms with E-state index < -0.39 is 5.82 Å². The van der Waals surface area contributed by atoms with E-state index in [1.54, 1.807) is 24.1 Å². The lowest BCUT2D eigenvalue weighted by atomic mass is 10.1. The van der Waals surface area contributed by atoms with Crippen molar-refractivity contribution in [1.29, 1.82) is 0 Å². The number of halogens is 1. The lowest BCUT2D eigenvalue weighted by molar-refractivity contribution is 0.0590. The number of amides is 1. The zero-order valence-corrected chi connectivity index (χ0v) is 11.1. The van der Waals surface area contributed by atoms with Crippen molar-refractivity contribution in [2.75, 3.05) is 46.4 Å². The first-order chi connectivity index (χ1) is 9.22. The van der Waals surface area contributed by atoms with Crippen molar-refractivity contribution in [3.05, 3.63) is 35.6 Å². The molecule has 0 N–H and O–H groups in total. The number of hydrogen-bond donors (Lipinski definition) is 0. The highest BCUT2D eigenvalue weighted by Crippen LogP contribution is 2.12. The maximum Gasteiger partial charge on any atom is 0.256 e. The van der Waals surface area contributed by atoms with Gasteiger partial charge in [0, 0.05) is 39.8 Å². The number of carbonyl (C=O) groups excluding carboxylic acids is 1. The summed E-state index contributed by atoms with van der Waals surface area (Å²) in [7, 11) is 1.68. The van der Waals surface area contributed by atoms with Crippen LogP contribution in [-0.2, 0) is 4.74 Å². The summed E-state index contributed by atoms with van der Waals surface area (Å²) in [5.74, 6) is -0.668. The maximum atomic E-state index is 13.6. The average molecular weight is 266 g/mol. The van der Waals surface area contributed by atoms with Gasteiger partial charge in [-0.15, -0.1) is 0 Å². The molecule has 1 aromatic rings. The van der Waals surface area contributed by atoms with Gasteiger partial charge in [0.25, 0.3) is 5.91 Å². The molecule has 1 fully saturated rings. The van der Waals surface area contributed by atoms with Gasteiger partial charge in [0.1, 0.15) is 5.82 Å². The molecule has 1 amide bonds. The second kappa shape index (κ2) is 6.63. The van der Waals surface area contributed by atoms with Crippen LogP contribution in [0.25, 0.3) is 0 Å². The van der Waals surface area contributed by atoms with E-state index in [1.165, 1.54) is 12.1 Å². The van der Waals surface area contributed by atoms with E-state index in [0.29, 0.717) is 19.7 Å². The Labute approximate surface area is 112 Å². The Morgan fingerprint density at radius 3 is 2.58 bits per heavy atom. The van der Waals surface area contributed by atoms with Gasteiger partial charge in [0.15, 0.2) is 0 Å². The molecule has 2 rings (SSSR count). The number of carbonyl (C=O) groups is 1. The quantitative estimate of drug-likeness (QED) is 0.821. The van der Waals surface area contributed by atoms with Crippen LogP contribution in [0.3, 0.4) is 0 Å². The van der Waals surface area contributed by atoms with Crippen LogP contribution in [0.5, 0.6) is 0 Å². The Balaban J connectivity index is 1.91. The number of benzene rings is 1. The Kier molecular flexibility index (Phi) is 4.87. The molecule has 4 nitrogen and oxygen atoms in total. The molecular weight excluding hydrogens is 247 g/mol. The van der Waals surface area contributed by atoms with Crippen LogP contribution >= 0.6 is 0 Å². The van der Waals surface area contributed by atoms with Crippen molar-refractivity contribution >= 4 is 5.91 Å². The highest BCUT2D eigenvalue weighted by molar-refractivity contribution is 5.94. The molecule has 0 aromatic heterocycles. The molecule has 1 heterocycles. The summed E-state index contributed by atoms with van der Waals surface area (Å²) in [6, 6.07) is 6.14. The molecule has 0 bridgehead atoms. The van der Waals surface area contributed by atoms with E-state index >= 15 is 0 Å². The smallest absolute Gasteiger partial charge is 0.256 e. The minimum Gasteiger partial charge on any atom is -0.383 e.